The second kappa shape index (κ2) is 6.51. The molecule has 1 N–H and O–H groups in total. The summed E-state index contributed by atoms with van der Waals surface area (Å²) < 4.78 is 0. The predicted octanol–water partition coefficient (Wildman–Crippen LogP) is 3.85. The lowest BCUT2D eigenvalue weighted by Crippen LogP contribution is -2.39. The van der Waals surface area contributed by atoms with Crippen molar-refractivity contribution in [2.24, 2.45) is 0 Å². The van der Waals surface area contributed by atoms with Gasteiger partial charge in [0.1, 0.15) is 0 Å². The first-order chi connectivity index (χ1) is 8.46. The Kier molecular flexibility index (Phi) is 5.30. The van der Waals surface area contributed by atoms with Crippen molar-refractivity contribution in [1.29, 1.82) is 0 Å². The molecule has 0 aliphatic carbocycles. The van der Waals surface area contributed by atoms with Gasteiger partial charge in [0.15, 0.2) is 0 Å². The van der Waals surface area contributed by atoms with Gasteiger partial charge in [0.05, 0.1) is 5.54 Å². The van der Waals surface area contributed by atoms with Crippen LogP contribution in [0.2, 0.25) is 0 Å². The first-order valence-electron chi connectivity index (χ1n) is 6.03. The van der Waals surface area contributed by atoms with E-state index < -0.39 is 5.54 Å². The van der Waals surface area contributed by atoms with Crippen LogP contribution in [0.3, 0.4) is 0 Å². The number of rotatable bonds is 4. The van der Waals surface area contributed by atoms with Crippen LogP contribution in [0.25, 0.3) is 0 Å². The summed E-state index contributed by atoms with van der Waals surface area (Å²) in [5.74, 6) is 2.54. The second-order valence-electron chi connectivity index (χ2n) is 4.68. The van der Waals surface area contributed by atoms with Gasteiger partial charge in [0.2, 0.25) is 0 Å². The van der Waals surface area contributed by atoms with Crippen molar-refractivity contribution in [2.45, 2.75) is 44.0 Å². The Labute approximate surface area is 114 Å². The summed E-state index contributed by atoms with van der Waals surface area (Å²) in [6.45, 7) is 5.75. The lowest BCUT2D eigenvalue weighted by atomic mass is 10.1. The van der Waals surface area contributed by atoms with Crippen molar-refractivity contribution in [3.63, 3.8) is 0 Å². The van der Waals surface area contributed by atoms with Crippen LogP contribution in [0.15, 0.2) is 29.2 Å². The van der Waals surface area contributed by atoms with Crippen LogP contribution < -0.4 is 5.32 Å². The van der Waals surface area contributed by atoms with Crippen molar-refractivity contribution in [1.82, 2.24) is 5.32 Å². The van der Waals surface area contributed by atoms with E-state index in [2.05, 4.69) is 30.3 Å². The topological polar surface area (TPSA) is 29.1 Å². The zero-order valence-electron chi connectivity index (χ0n) is 11.1. The number of carbonyl (C=O) groups excluding carboxylic acids is 1. The molecular formula is C15H19NOS. The van der Waals surface area contributed by atoms with E-state index in [0.717, 1.165) is 17.7 Å². The zero-order valence-corrected chi connectivity index (χ0v) is 11.9. The molecule has 3 heteroatoms. The van der Waals surface area contributed by atoms with Crippen molar-refractivity contribution in [3.8, 4) is 12.3 Å². The van der Waals surface area contributed by atoms with Crippen molar-refractivity contribution >= 4 is 17.0 Å². The van der Waals surface area contributed by atoms with E-state index in [0.29, 0.717) is 0 Å². The molecule has 0 heterocycles. The maximum Gasteiger partial charge on any atom is 0.285 e. The molecule has 2 nitrogen and oxygen atoms in total. The number of thioether (sulfide) groups is 1. The molecule has 0 fully saturated rings. The molecule has 0 spiro atoms. The maximum absolute atomic E-state index is 11.8. The molecule has 1 amide bonds. The van der Waals surface area contributed by atoms with Crippen LogP contribution in [0.5, 0.6) is 0 Å². The SMILES string of the molecule is C#CC(C)(C)NC(=O)Sc1cccc(CCC)c1. The molecule has 1 aromatic carbocycles. The summed E-state index contributed by atoms with van der Waals surface area (Å²) in [5, 5.41) is 2.67. The van der Waals surface area contributed by atoms with Gasteiger partial charge in [-0.2, -0.15) is 0 Å². The normalized spacial score (nSPS) is 10.8. The highest BCUT2D eigenvalue weighted by atomic mass is 32.2. The molecular weight excluding hydrogens is 242 g/mol. The number of benzene rings is 1. The first-order valence-corrected chi connectivity index (χ1v) is 6.85. The van der Waals surface area contributed by atoms with Crippen LogP contribution in [0, 0.1) is 12.3 Å². The number of hydrogen-bond donors (Lipinski definition) is 1. The van der Waals surface area contributed by atoms with Gasteiger partial charge in [-0.1, -0.05) is 31.4 Å². The summed E-state index contributed by atoms with van der Waals surface area (Å²) in [6.07, 6.45) is 7.47. The highest BCUT2D eigenvalue weighted by molar-refractivity contribution is 8.13. The Morgan fingerprint density at radius 1 is 1.50 bits per heavy atom. The summed E-state index contributed by atoms with van der Waals surface area (Å²) in [6, 6.07) is 8.05. The molecule has 1 rings (SSSR count). The van der Waals surface area contributed by atoms with Gasteiger partial charge in [-0.25, -0.2) is 0 Å². The molecule has 0 saturated carbocycles. The Balaban J connectivity index is 2.65. The summed E-state index contributed by atoms with van der Waals surface area (Å²) >= 11 is 1.18. The predicted molar refractivity (Wildman–Crippen MR) is 77.7 cm³/mol. The van der Waals surface area contributed by atoms with Gasteiger partial charge in [0.25, 0.3) is 5.24 Å². The van der Waals surface area contributed by atoms with Gasteiger partial charge in [0, 0.05) is 4.90 Å². The number of hydrogen-bond acceptors (Lipinski definition) is 2. The fourth-order valence-electron chi connectivity index (χ4n) is 1.48. The molecule has 18 heavy (non-hydrogen) atoms. The monoisotopic (exact) mass is 261 g/mol. The fourth-order valence-corrected chi connectivity index (χ4v) is 2.35. The van der Waals surface area contributed by atoms with Crippen LogP contribution in [0.4, 0.5) is 4.79 Å². The van der Waals surface area contributed by atoms with Crippen molar-refractivity contribution in [2.75, 3.05) is 0 Å². The Morgan fingerprint density at radius 3 is 2.83 bits per heavy atom. The average Bonchev–Trinajstić information content (AvgIpc) is 2.29. The number of amides is 1. The number of aryl methyl sites for hydroxylation is 1. The third-order valence-corrected chi connectivity index (χ3v) is 3.20. The van der Waals surface area contributed by atoms with Crippen LogP contribution in [-0.2, 0) is 6.42 Å². The van der Waals surface area contributed by atoms with E-state index in [4.69, 9.17) is 6.42 Å². The van der Waals surface area contributed by atoms with Crippen LogP contribution >= 0.6 is 11.8 Å². The number of terminal acetylenes is 1. The molecule has 0 aliphatic heterocycles. The molecule has 0 aliphatic rings. The summed E-state index contributed by atoms with van der Waals surface area (Å²) in [4.78, 5) is 12.8. The van der Waals surface area contributed by atoms with Gasteiger partial charge in [-0.15, -0.1) is 6.42 Å². The van der Waals surface area contributed by atoms with E-state index in [1.807, 2.05) is 12.1 Å². The first kappa shape index (κ1) is 14.7. The molecule has 0 atom stereocenters. The minimum Gasteiger partial charge on any atom is -0.331 e. The van der Waals surface area contributed by atoms with Gasteiger partial charge >= 0.3 is 0 Å². The highest BCUT2D eigenvalue weighted by Crippen LogP contribution is 2.21. The van der Waals surface area contributed by atoms with E-state index in [9.17, 15) is 4.79 Å². The number of nitrogens with one attached hydrogen (secondary N) is 1. The van der Waals surface area contributed by atoms with Crippen LogP contribution in [-0.4, -0.2) is 10.8 Å². The lowest BCUT2D eigenvalue weighted by Gasteiger charge is -2.18. The molecule has 0 aromatic heterocycles. The average molecular weight is 261 g/mol. The van der Waals surface area contributed by atoms with Crippen LogP contribution in [0.1, 0.15) is 32.8 Å². The van der Waals surface area contributed by atoms with Gasteiger partial charge in [-0.05, 0) is 49.7 Å². The summed E-state index contributed by atoms with van der Waals surface area (Å²) in [5.41, 5.74) is 0.650. The summed E-state index contributed by atoms with van der Waals surface area (Å²) in [7, 11) is 0. The van der Waals surface area contributed by atoms with E-state index in [1.54, 1.807) is 13.8 Å². The third kappa shape index (κ3) is 4.85. The molecule has 96 valence electrons. The molecule has 1 aromatic rings. The lowest BCUT2D eigenvalue weighted by molar-refractivity contribution is 0.256. The highest BCUT2D eigenvalue weighted by Gasteiger charge is 2.17. The Morgan fingerprint density at radius 2 is 2.22 bits per heavy atom. The van der Waals surface area contributed by atoms with Gasteiger partial charge in [-0.3, -0.25) is 4.79 Å². The van der Waals surface area contributed by atoms with E-state index in [1.165, 1.54) is 17.3 Å². The van der Waals surface area contributed by atoms with E-state index >= 15 is 0 Å². The fraction of sp³-hybridized carbons (Fsp3) is 0.400. The molecule has 0 bridgehead atoms. The van der Waals surface area contributed by atoms with E-state index in [-0.39, 0.29) is 5.24 Å². The standard InChI is InChI=1S/C15H19NOS/c1-5-8-12-9-7-10-13(11-12)18-14(17)16-15(3,4)6-2/h2,7,9-11H,5,8H2,1,3-4H3,(H,16,17). The number of carbonyl (C=O) groups is 1. The Bertz CT molecular complexity index is 460. The second-order valence-corrected chi connectivity index (χ2v) is 5.73. The van der Waals surface area contributed by atoms with Crippen molar-refractivity contribution in [3.05, 3.63) is 29.8 Å². The maximum atomic E-state index is 11.8. The third-order valence-electron chi connectivity index (χ3n) is 2.42. The van der Waals surface area contributed by atoms with Gasteiger partial charge < -0.3 is 5.32 Å². The van der Waals surface area contributed by atoms with Crippen molar-refractivity contribution < 1.29 is 4.79 Å². The molecule has 0 saturated heterocycles. The molecule has 0 unspecified atom stereocenters. The minimum absolute atomic E-state index is 0.119. The molecule has 0 radical (unpaired) electrons. The zero-order chi connectivity index (χ0) is 13.6. The Hall–Kier alpha value is -1.40. The minimum atomic E-state index is -0.606. The quantitative estimate of drug-likeness (QED) is 0.659. The largest absolute Gasteiger partial charge is 0.331 e. The smallest absolute Gasteiger partial charge is 0.285 e.